The Morgan fingerprint density at radius 1 is 0.893 bits per heavy atom. The molecule has 0 aliphatic heterocycles. The molecule has 5 heteroatoms. The molecular weight excluding hydrogens is 348 g/mol. The Kier molecular flexibility index (Phi) is 6.73. The fourth-order valence-electron chi connectivity index (χ4n) is 2.94. The minimum Gasteiger partial charge on any atom is -0.368 e. The van der Waals surface area contributed by atoms with Crippen molar-refractivity contribution in [3.05, 3.63) is 89.6 Å². The molecule has 5 nitrogen and oxygen atoms in total. The minimum atomic E-state index is -0.109. The van der Waals surface area contributed by atoms with Gasteiger partial charge in [0.1, 0.15) is 5.82 Å². The monoisotopic (exact) mass is 374 g/mol. The maximum Gasteiger partial charge on any atom is 0.274 e. The third-order valence-corrected chi connectivity index (χ3v) is 4.53. The lowest BCUT2D eigenvalue weighted by Crippen LogP contribution is -2.37. The topological polar surface area (TPSA) is 58.1 Å². The Balaban J connectivity index is 1.60. The van der Waals surface area contributed by atoms with E-state index in [0.717, 1.165) is 18.5 Å². The molecule has 1 aromatic heterocycles. The van der Waals surface area contributed by atoms with Crippen LogP contribution in [0.4, 0.5) is 5.82 Å². The molecule has 3 rings (SSSR count). The first-order valence-corrected chi connectivity index (χ1v) is 9.60. The zero-order valence-corrected chi connectivity index (χ0v) is 16.4. The number of nitrogens with zero attached hydrogens (tertiary/aromatic N) is 3. The summed E-state index contributed by atoms with van der Waals surface area (Å²) in [6, 6.07) is 23.9. The van der Waals surface area contributed by atoms with E-state index in [-0.39, 0.29) is 11.9 Å². The predicted octanol–water partition coefficient (Wildman–Crippen LogP) is 4.18. The molecule has 0 saturated carbocycles. The van der Waals surface area contributed by atoms with Crippen molar-refractivity contribution in [1.29, 1.82) is 0 Å². The molecular formula is C23H26N4O. The van der Waals surface area contributed by atoms with Gasteiger partial charge in [0.25, 0.3) is 5.91 Å². The molecule has 0 spiro atoms. The normalized spacial score (nSPS) is 10.7. The largest absolute Gasteiger partial charge is 0.368 e. The molecule has 1 N–H and O–H groups in total. The third kappa shape index (κ3) is 5.39. The number of hydrogen-bond acceptors (Lipinski definition) is 4. The molecule has 0 unspecified atom stereocenters. The number of aromatic nitrogens is 2. The first-order chi connectivity index (χ1) is 13.6. The van der Waals surface area contributed by atoms with Crippen molar-refractivity contribution in [1.82, 2.24) is 15.1 Å². The van der Waals surface area contributed by atoms with Crippen LogP contribution in [0.25, 0.3) is 0 Å². The number of rotatable bonds is 8. The van der Waals surface area contributed by atoms with E-state index in [1.54, 1.807) is 6.07 Å². The van der Waals surface area contributed by atoms with E-state index < -0.39 is 0 Å². The average Bonchev–Trinajstić information content (AvgIpc) is 2.73. The SMILES string of the molecule is CC(C)N(Cc1ccccc1)C(=O)c1ccc(NCCc2ccccc2)nn1. The van der Waals surface area contributed by atoms with E-state index in [1.165, 1.54) is 5.56 Å². The Labute approximate surface area is 166 Å². The summed E-state index contributed by atoms with van der Waals surface area (Å²) in [5, 5.41) is 11.6. The van der Waals surface area contributed by atoms with Crippen LogP contribution in [0.2, 0.25) is 0 Å². The summed E-state index contributed by atoms with van der Waals surface area (Å²) in [6.07, 6.45) is 0.904. The van der Waals surface area contributed by atoms with Crippen molar-refractivity contribution < 1.29 is 4.79 Å². The highest BCUT2D eigenvalue weighted by atomic mass is 16.2. The Morgan fingerprint density at radius 2 is 1.54 bits per heavy atom. The molecule has 2 aromatic carbocycles. The molecule has 3 aromatic rings. The summed E-state index contributed by atoms with van der Waals surface area (Å²) in [5.41, 5.74) is 2.72. The van der Waals surface area contributed by atoms with Gasteiger partial charge < -0.3 is 10.2 Å². The number of hydrogen-bond donors (Lipinski definition) is 1. The van der Waals surface area contributed by atoms with Crippen LogP contribution in [0.1, 0.15) is 35.5 Å². The number of benzene rings is 2. The van der Waals surface area contributed by atoms with Crippen LogP contribution < -0.4 is 5.32 Å². The van der Waals surface area contributed by atoms with Crippen molar-refractivity contribution in [2.45, 2.75) is 32.9 Å². The van der Waals surface area contributed by atoms with Gasteiger partial charge in [0.05, 0.1) is 0 Å². The van der Waals surface area contributed by atoms with E-state index in [2.05, 4.69) is 27.6 Å². The zero-order valence-electron chi connectivity index (χ0n) is 16.4. The number of carbonyl (C=O) groups is 1. The van der Waals surface area contributed by atoms with Crippen LogP contribution >= 0.6 is 0 Å². The number of amides is 1. The molecule has 0 aliphatic rings. The molecule has 0 atom stereocenters. The van der Waals surface area contributed by atoms with Crippen molar-refractivity contribution in [3.8, 4) is 0 Å². The van der Waals surface area contributed by atoms with Gasteiger partial charge in [0, 0.05) is 19.1 Å². The van der Waals surface area contributed by atoms with Crippen molar-refractivity contribution in [2.75, 3.05) is 11.9 Å². The molecule has 1 amide bonds. The summed E-state index contributed by atoms with van der Waals surface area (Å²) in [4.78, 5) is 14.7. The van der Waals surface area contributed by atoms with Crippen LogP contribution in [-0.2, 0) is 13.0 Å². The predicted molar refractivity (Wildman–Crippen MR) is 112 cm³/mol. The molecule has 1 heterocycles. The van der Waals surface area contributed by atoms with Gasteiger partial charge in [-0.15, -0.1) is 10.2 Å². The second-order valence-corrected chi connectivity index (χ2v) is 6.98. The maximum absolute atomic E-state index is 12.9. The molecule has 144 valence electrons. The van der Waals surface area contributed by atoms with Crippen molar-refractivity contribution in [3.63, 3.8) is 0 Å². The van der Waals surface area contributed by atoms with Gasteiger partial charge in [0.15, 0.2) is 5.69 Å². The first-order valence-electron chi connectivity index (χ1n) is 9.60. The highest BCUT2D eigenvalue weighted by Gasteiger charge is 2.20. The van der Waals surface area contributed by atoms with Gasteiger partial charge >= 0.3 is 0 Å². The summed E-state index contributed by atoms with van der Waals surface area (Å²) in [7, 11) is 0. The lowest BCUT2D eigenvalue weighted by Gasteiger charge is -2.26. The summed E-state index contributed by atoms with van der Waals surface area (Å²) in [6.45, 7) is 5.33. The standard InChI is InChI=1S/C23H26N4O/c1-18(2)27(17-20-11-7-4-8-12-20)23(28)21-13-14-22(26-25-21)24-16-15-19-9-5-3-6-10-19/h3-14,18H,15-17H2,1-2H3,(H,24,26). The fourth-order valence-corrected chi connectivity index (χ4v) is 2.94. The second-order valence-electron chi connectivity index (χ2n) is 6.98. The number of nitrogens with one attached hydrogen (secondary N) is 1. The molecule has 0 radical (unpaired) electrons. The van der Waals surface area contributed by atoms with Crippen molar-refractivity contribution in [2.24, 2.45) is 0 Å². The first kappa shape index (κ1) is 19.5. The van der Waals surface area contributed by atoms with Crippen LogP contribution in [0.5, 0.6) is 0 Å². The van der Waals surface area contributed by atoms with E-state index in [4.69, 9.17) is 0 Å². The third-order valence-electron chi connectivity index (χ3n) is 4.53. The van der Waals surface area contributed by atoms with Crippen molar-refractivity contribution >= 4 is 11.7 Å². The quantitative estimate of drug-likeness (QED) is 0.642. The van der Waals surface area contributed by atoms with Crippen LogP contribution in [0, 0.1) is 0 Å². The highest BCUT2D eigenvalue weighted by molar-refractivity contribution is 5.92. The molecule has 0 aliphatic carbocycles. The molecule has 0 fully saturated rings. The maximum atomic E-state index is 12.9. The lowest BCUT2D eigenvalue weighted by molar-refractivity contribution is 0.0683. The van der Waals surface area contributed by atoms with Crippen LogP contribution in [0.15, 0.2) is 72.8 Å². The minimum absolute atomic E-state index is 0.0678. The van der Waals surface area contributed by atoms with Crippen LogP contribution in [0.3, 0.4) is 0 Å². The fraction of sp³-hybridized carbons (Fsp3) is 0.261. The molecule has 0 saturated heterocycles. The van der Waals surface area contributed by atoms with Gasteiger partial charge in [-0.25, -0.2) is 0 Å². The van der Waals surface area contributed by atoms with Gasteiger partial charge in [0.2, 0.25) is 0 Å². The Hall–Kier alpha value is -3.21. The average molecular weight is 374 g/mol. The summed E-state index contributed by atoms with van der Waals surface area (Å²) >= 11 is 0. The number of anilines is 1. The summed E-state index contributed by atoms with van der Waals surface area (Å²) in [5.74, 6) is 0.564. The highest BCUT2D eigenvalue weighted by Crippen LogP contribution is 2.13. The van der Waals surface area contributed by atoms with E-state index in [0.29, 0.717) is 18.1 Å². The van der Waals surface area contributed by atoms with Gasteiger partial charge in [-0.05, 0) is 43.5 Å². The Morgan fingerprint density at radius 3 is 2.11 bits per heavy atom. The van der Waals surface area contributed by atoms with E-state index in [1.807, 2.05) is 73.3 Å². The van der Waals surface area contributed by atoms with Gasteiger partial charge in [-0.3, -0.25) is 4.79 Å². The Bertz CT molecular complexity index is 864. The smallest absolute Gasteiger partial charge is 0.274 e. The van der Waals surface area contributed by atoms with E-state index in [9.17, 15) is 4.79 Å². The number of carbonyl (C=O) groups excluding carboxylic acids is 1. The summed E-state index contributed by atoms with van der Waals surface area (Å²) < 4.78 is 0. The second kappa shape index (κ2) is 9.65. The van der Waals surface area contributed by atoms with Gasteiger partial charge in [-0.1, -0.05) is 60.7 Å². The molecule has 28 heavy (non-hydrogen) atoms. The zero-order chi connectivity index (χ0) is 19.8. The van der Waals surface area contributed by atoms with Crippen LogP contribution in [-0.4, -0.2) is 33.6 Å². The van der Waals surface area contributed by atoms with E-state index >= 15 is 0 Å². The lowest BCUT2D eigenvalue weighted by atomic mass is 10.1. The molecule has 0 bridgehead atoms. The van der Waals surface area contributed by atoms with Gasteiger partial charge in [-0.2, -0.15) is 0 Å².